The number of rotatable bonds is 8. The number of nitrogens with one attached hydrogen (secondary N) is 1. The normalized spacial score (nSPS) is 12.3. The summed E-state index contributed by atoms with van der Waals surface area (Å²) in [5, 5.41) is 2.50. The topological polar surface area (TPSA) is 78.8 Å². The van der Waals surface area contributed by atoms with Gasteiger partial charge >= 0.3 is 12.1 Å². The molecule has 1 aromatic heterocycles. The Hall–Kier alpha value is -4.87. The number of aryl methyl sites for hydroxylation is 1. The highest BCUT2D eigenvalue weighted by atomic mass is 19.4. The number of esters is 1. The molecule has 0 saturated heterocycles. The maximum atomic E-state index is 14.9. The lowest BCUT2D eigenvalue weighted by Crippen LogP contribution is -2.23. The van der Waals surface area contributed by atoms with Crippen LogP contribution < -0.4 is 14.8 Å². The fourth-order valence-electron chi connectivity index (χ4n) is 5.44. The summed E-state index contributed by atoms with van der Waals surface area (Å²) in [6.45, 7) is 1.06. The van der Waals surface area contributed by atoms with Gasteiger partial charge in [0.15, 0.2) is 11.5 Å². The van der Waals surface area contributed by atoms with Crippen molar-refractivity contribution in [2.45, 2.75) is 32.6 Å². The summed E-state index contributed by atoms with van der Waals surface area (Å²) in [6.07, 6.45) is -4.69. The number of aromatic nitrogens is 1. The summed E-state index contributed by atoms with van der Waals surface area (Å²) < 4.78 is 89.1. The first-order valence-corrected chi connectivity index (χ1v) is 13.6. The Morgan fingerprint density at radius 2 is 1.70 bits per heavy atom. The molecule has 2 heterocycles. The maximum absolute atomic E-state index is 14.9. The Morgan fingerprint density at radius 1 is 0.977 bits per heavy atom. The molecule has 7 nitrogen and oxygen atoms in total. The molecule has 1 N–H and O–H groups in total. The van der Waals surface area contributed by atoms with Crippen molar-refractivity contribution in [2.24, 2.45) is 0 Å². The van der Waals surface area contributed by atoms with E-state index in [1.807, 2.05) is 0 Å². The van der Waals surface area contributed by atoms with Crippen LogP contribution in [0.15, 0.2) is 54.6 Å². The lowest BCUT2D eigenvalue weighted by molar-refractivity contribution is -0.142. The minimum Gasteiger partial charge on any atom is -0.493 e. The van der Waals surface area contributed by atoms with Crippen molar-refractivity contribution in [2.75, 3.05) is 20.8 Å². The quantitative estimate of drug-likeness (QED) is 0.175. The van der Waals surface area contributed by atoms with E-state index in [2.05, 4.69) is 5.32 Å². The predicted octanol–water partition coefficient (Wildman–Crippen LogP) is 6.80. The van der Waals surface area contributed by atoms with E-state index < -0.39 is 40.9 Å². The van der Waals surface area contributed by atoms with E-state index in [4.69, 9.17) is 14.2 Å². The number of benzene rings is 3. The van der Waals surface area contributed by atoms with Crippen LogP contribution in [-0.4, -0.2) is 37.3 Å². The Kier molecular flexibility index (Phi) is 8.36. The lowest BCUT2D eigenvalue weighted by atomic mass is 9.93. The molecule has 3 aromatic carbocycles. The number of nitrogens with zero attached hydrogens (tertiary/aromatic N) is 1. The molecule has 1 aliphatic rings. The number of methoxy groups -OCH3 is 2. The highest BCUT2D eigenvalue weighted by Gasteiger charge is 2.44. The Balaban J connectivity index is 1.67. The van der Waals surface area contributed by atoms with E-state index in [0.717, 1.165) is 10.6 Å². The summed E-state index contributed by atoms with van der Waals surface area (Å²) in [5.41, 5.74) is -0.870. The molecular formula is C32H27F5N2O5. The van der Waals surface area contributed by atoms with Crippen LogP contribution in [0.5, 0.6) is 11.5 Å². The standard InChI is InChI=1S/C32H27F5N2O5/c1-4-44-31(41)27-26(18-6-5-7-19(12-18)30(40)38-16-20-8-9-21(33)14-23(20)34)29(32(35,36)37)39-11-10-17-13-24(42-2)25(43-3)15-22(17)28(27)39/h5-9,12-15H,4,10-11,16H2,1-3H3,(H,38,40). The molecular weight excluding hydrogens is 587 g/mol. The van der Waals surface area contributed by atoms with Gasteiger partial charge in [-0.1, -0.05) is 18.2 Å². The minimum atomic E-state index is -4.90. The summed E-state index contributed by atoms with van der Waals surface area (Å²) in [4.78, 5) is 26.5. The molecule has 44 heavy (non-hydrogen) atoms. The molecule has 12 heteroatoms. The van der Waals surface area contributed by atoms with Gasteiger partial charge < -0.3 is 24.1 Å². The van der Waals surface area contributed by atoms with Gasteiger partial charge in [-0.2, -0.15) is 13.2 Å². The highest BCUT2D eigenvalue weighted by molar-refractivity contribution is 6.06. The van der Waals surface area contributed by atoms with Crippen LogP contribution in [0.2, 0.25) is 0 Å². The zero-order valence-electron chi connectivity index (χ0n) is 23.9. The fraction of sp³-hybridized carbons (Fsp3) is 0.250. The largest absolute Gasteiger partial charge is 0.493 e. The van der Waals surface area contributed by atoms with Crippen LogP contribution in [-0.2, 0) is 30.4 Å². The van der Waals surface area contributed by atoms with Crippen molar-refractivity contribution in [1.82, 2.24) is 9.88 Å². The molecule has 0 unspecified atom stereocenters. The van der Waals surface area contributed by atoms with Crippen LogP contribution >= 0.6 is 0 Å². The van der Waals surface area contributed by atoms with Gasteiger partial charge in [0.05, 0.1) is 32.1 Å². The molecule has 0 saturated carbocycles. The minimum absolute atomic E-state index is 0.00891. The zero-order valence-corrected chi connectivity index (χ0v) is 23.9. The van der Waals surface area contributed by atoms with Gasteiger partial charge in [-0.25, -0.2) is 13.6 Å². The van der Waals surface area contributed by atoms with Gasteiger partial charge in [-0.05, 0) is 54.8 Å². The van der Waals surface area contributed by atoms with Gasteiger partial charge in [0, 0.05) is 41.4 Å². The summed E-state index contributed by atoms with van der Waals surface area (Å²) >= 11 is 0. The van der Waals surface area contributed by atoms with Crippen molar-refractivity contribution in [3.05, 3.63) is 94.2 Å². The molecule has 0 bridgehead atoms. The second-order valence-electron chi connectivity index (χ2n) is 9.93. The molecule has 5 rings (SSSR count). The zero-order chi connectivity index (χ0) is 31.8. The molecule has 1 aliphatic heterocycles. The number of halogens is 5. The number of carbonyl (C=O) groups excluding carboxylic acids is 2. The maximum Gasteiger partial charge on any atom is 0.432 e. The van der Waals surface area contributed by atoms with Crippen molar-refractivity contribution in [3.8, 4) is 33.9 Å². The lowest BCUT2D eigenvalue weighted by Gasteiger charge is -2.24. The molecule has 0 aliphatic carbocycles. The number of fused-ring (bicyclic) bond motifs is 3. The van der Waals surface area contributed by atoms with Crippen LogP contribution in [0.1, 0.15) is 44.5 Å². The average Bonchev–Trinajstić information content (AvgIpc) is 3.36. The molecule has 0 radical (unpaired) electrons. The third kappa shape index (κ3) is 5.59. The van der Waals surface area contributed by atoms with Crippen molar-refractivity contribution in [1.29, 1.82) is 0 Å². The second-order valence-corrected chi connectivity index (χ2v) is 9.93. The molecule has 0 fully saturated rings. The van der Waals surface area contributed by atoms with Gasteiger partial charge in [-0.3, -0.25) is 4.79 Å². The SMILES string of the molecule is CCOC(=O)c1c(-c2cccc(C(=O)NCc3ccc(F)cc3F)c2)c(C(F)(F)F)n2c1-c1cc(OC)c(OC)cc1CC2. The molecule has 230 valence electrons. The first kappa shape index (κ1) is 30.6. The van der Waals surface area contributed by atoms with E-state index in [1.54, 1.807) is 13.0 Å². The van der Waals surface area contributed by atoms with Crippen molar-refractivity contribution in [3.63, 3.8) is 0 Å². The first-order valence-electron chi connectivity index (χ1n) is 13.6. The first-order chi connectivity index (χ1) is 21.0. The van der Waals surface area contributed by atoms with E-state index in [9.17, 15) is 31.5 Å². The monoisotopic (exact) mass is 614 g/mol. The van der Waals surface area contributed by atoms with E-state index >= 15 is 0 Å². The predicted molar refractivity (Wildman–Crippen MR) is 151 cm³/mol. The van der Waals surface area contributed by atoms with Crippen LogP contribution in [0.25, 0.3) is 22.4 Å². The van der Waals surface area contributed by atoms with E-state index in [0.29, 0.717) is 22.9 Å². The smallest absolute Gasteiger partial charge is 0.432 e. The summed E-state index contributed by atoms with van der Waals surface area (Å²) in [7, 11) is 2.84. The summed E-state index contributed by atoms with van der Waals surface area (Å²) in [6, 6.07) is 11.4. The third-order valence-electron chi connectivity index (χ3n) is 7.35. The van der Waals surface area contributed by atoms with Gasteiger partial charge in [0.25, 0.3) is 5.91 Å². The van der Waals surface area contributed by atoms with Crippen LogP contribution in [0.3, 0.4) is 0 Å². The van der Waals surface area contributed by atoms with Gasteiger partial charge in [0.2, 0.25) is 0 Å². The highest BCUT2D eigenvalue weighted by Crippen LogP contribution is 2.49. The fourth-order valence-corrected chi connectivity index (χ4v) is 5.44. The number of hydrogen-bond donors (Lipinski definition) is 1. The van der Waals surface area contributed by atoms with Crippen molar-refractivity contribution < 1.29 is 45.8 Å². The Bertz CT molecular complexity index is 1760. The number of ether oxygens (including phenoxy) is 3. The third-order valence-corrected chi connectivity index (χ3v) is 7.35. The number of amides is 1. The van der Waals surface area contributed by atoms with E-state index in [1.165, 1.54) is 50.6 Å². The number of carbonyl (C=O) groups is 2. The number of hydrogen-bond acceptors (Lipinski definition) is 5. The Labute approximate surface area is 249 Å². The molecule has 0 spiro atoms. The molecule has 4 aromatic rings. The molecule has 0 atom stereocenters. The summed E-state index contributed by atoms with van der Waals surface area (Å²) in [5.74, 6) is -2.67. The van der Waals surface area contributed by atoms with Crippen LogP contribution in [0.4, 0.5) is 22.0 Å². The average molecular weight is 615 g/mol. The van der Waals surface area contributed by atoms with Crippen LogP contribution in [0, 0.1) is 11.6 Å². The molecule has 1 amide bonds. The number of alkyl halides is 3. The van der Waals surface area contributed by atoms with E-state index in [-0.39, 0.29) is 59.8 Å². The van der Waals surface area contributed by atoms with Gasteiger partial charge in [0.1, 0.15) is 17.3 Å². The van der Waals surface area contributed by atoms with Crippen molar-refractivity contribution >= 4 is 11.9 Å². The Morgan fingerprint density at radius 3 is 2.36 bits per heavy atom. The van der Waals surface area contributed by atoms with Gasteiger partial charge in [-0.15, -0.1) is 0 Å². The second kappa shape index (κ2) is 12.0.